The normalized spacial score (nSPS) is 20.6. The van der Waals surface area contributed by atoms with E-state index in [2.05, 4.69) is 68.1 Å². The second-order valence-corrected chi connectivity index (χ2v) is 9.47. The predicted octanol–water partition coefficient (Wildman–Crippen LogP) is 5.02. The Morgan fingerprint density at radius 2 is 1.44 bits per heavy atom. The Morgan fingerprint density at radius 1 is 0.706 bits per heavy atom. The largest absolute Gasteiger partial charge is 0.341 e. The van der Waals surface area contributed by atoms with Gasteiger partial charge in [0.05, 0.1) is 41.4 Å². The van der Waals surface area contributed by atoms with Crippen LogP contribution in [0.3, 0.4) is 0 Å². The van der Waals surface area contributed by atoms with Crippen molar-refractivity contribution < 1.29 is 0 Å². The summed E-state index contributed by atoms with van der Waals surface area (Å²) >= 11 is 0. The first-order valence-corrected chi connectivity index (χ1v) is 12.2. The maximum Gasteiger partial charge on any atom is 0.124 e. The number of nitrogens with one attached hydrogen (secondary N) is 4. The average Bonchev–Trinajstić information content (AvgIpc) is 3.69. The van der Waals surface area contributed by atoms with Crippen molar-refractivity contribution in [2.45, 2.75) is 37.8 Å². The van der Waals surface area contributed by atoms with Gasteiger partial charge < -0.3 is 20.6 Å². The molecule has 170 valence electrons. The third-order valence-corrected chi connectivity index (χ3v) is 7.21. The quantitative estimate of drug-likeness (QED) is 0.309. The van der Waals surface area contributed by atoms with Gasteiger partial charge in [0.15, 0.2) is 0 Å². The second-order valence-electron chi connectivity index (χ2n) is 9.47. The number of rotatable bonds is 4. The van der Waals surface area contributed by atoms with Crippen molar-refractivity contribution in [1.82, 2.24) is 35.6 Å². The molecule has 4 N–H and O–H groups in total. The number of H-pyrrole nitrogens is 2. The number of imidazole rings is 2. The lowest BCUT2D eigenvalue weighted by Crippen LogP contribution is -2.14. The van der Waals surface area contributed by atoms with Crippen molar-refractivity contribution in [2.24, 2.45) is 0 Å². The molecule has 2 aromatic carbocycles. The number of nitrogens with zero attached hydrogens (tertiary/aromatic N) is 3. The van der Waals surface area contributed by atoms with Gasteiger partial charge in [0.2, 0.25) is 0 Å². The zero-order valence-electron chi connectivity index (χ0n) is 18.9. The summed E-state index contributed by atoms with van der Waals surface area (Å²) < 4.78 is 0. The molecule has 2 atom stereocenters. The van der Waals surface area contributed by atoms with Gasteiger partial charge in [-0.1, -0.05) is 24.3 Å². The molecule has 2 saturated heterocycles. The number of aromatic amines is 2. The highest BCUT2D eigenvalue weighted by atomic mass is 15.0. The standard InChI is InChI=1S/C27H27N7/c1-3-20(28-9-1)26-31-14-24(33-26)19-8-6-16-11-18(7-5-17(16)12-19)22-13-23-25(15-30-22)34-27(32-23)21-4-2-10-29-21/h5-8,11-15,20-21,28-29H,1-4,9-10H2,(H,31,33)(H,32,34)/t20-,21-/m0/s1. The molecule has 0 amide bonds. The first-order valence-electron chi connectivity index (χ1n) is 12.2. The van der Waals surface area contributed by atoms with Gasteiger partial charge in [0.1, 0.15) is 17.2 Å². The van der Waals surface area contributed by atoms with Gasteiger partial charge in [-0.2, -0.15) is 0 Å². The molecule has 7 rings (SSSR count). The van der Waals surface area contributed by atoms with E-state index in [4.69, 9.17) is 9.97 Å². The fourth-order valence-corrected chi connectivity index (χ4v) is 5.32. The van der Waals surface area contributed by atoms with E-state index in [0.29, 0.717) is 12.1 Å². The first-order chi connectivity index (χ1) is 16.8. The number of hydrogen-bond acceptors (Lipinski definition) is 5. The van der Waals surface area contributed by atoms with Crippen LogP contribution < -0.4 is 10.6 Å². The smallest absolute Gasteiger partial charge is 0.124 e. The molecule has 5 heterocycles. The first kappa shape index (κ1) is 19.9. The van der Waals surface area contributed by atoms with Crippen LogP contribution in [0.5, 0.6) is 0 Å². The molecular weight excluding hydrogens is 422 g/mol. The Hall–Kier alpha value is -3.55. The molecule has 0 spiro atoms. The molecule has 0 saturated carbocycles. The topological polar surface area (TPSA) is 94.3 Å². The highest BCUT2D eigenvalue weighted by Gasteiger charge is 2.20. The van der Waals surface area contributed by atoms with E-state index in [0.717, 1.165) is 71.1 Å². The molecule has 2 aliphatic heterocycles. The molecule has 0 aliphatic carbocycles. The Kier molecular flexibility index (Phi) is 4.70. The van der Waals surface area contributed by atoms with E-state index in [1.807, 2.05) is 12.4 Å². The third-order valence-electron chi connectivity index (χ3n) is 7.21. The Morgan fingerprint density at radius 3 is 2.21 bits per heavy atom. The van der Waals surface area contributed by atoms with Crippen LogP contribution in [-0.2, 0) is 0 Å². The average molecular weight is 450 g/mol. The van der Waals surface area contributed by atoms with Crippen LogP contribution in [0.15, 0.2) is 54.9 Å². The number of fused-ring (bicyclic) bond motifs is 2. The van der Waals surface area contributed by atoms with Crippen molar-refractivity contribution in [3.8, 4) is 22.5 Å². The van der Waals surface area contributed by atoms with E-state index >= 15 is 0 Å². The summed E-state index contributed by atoms with van der Waals surface area (Å²) in [6.45, 7) is 2.13. The van der Waals surface area contributed by atoms with Crippen molar-refractivity contribution in [3.05, 3.63) is 66.5 Å². The van der Waals surface area contributed by atoms with Crippen LogP contribution in [0.25, 0.3) is 44.3 Å². The lowest BCUT2D eigenvalue weighted by Gasteiger charge is -2.07. The van der Waals surface area contributed by atoms with Gasteiger partial charge >= 0.3 is 0 Å². The lowest BCUT2D eigenvalue weighted by atomic mass is 10.0. The highest BCUT2D eigenvalue weighted by molar-refractivity contribution is 5.91. The van der Waals surface area contributed by atoms with Crippen molar-refractivity contribution >= 4 is 21.8 Å². The molecule has 34 heavy (non-hydrogen) atoms. The minimum absolute atomic E-state index is 0.325. The van der Waals surface area contributed by atoms with E-state index < -0.39 is 0 Å². The van der Waals surface area contributed by atoms with Crippen molar-refractivity contribution in [1.29, 1.82) is 0 Å². The van der Waals surface area contributed by atoms with Gasteiger partial charge in [0.25, 0.3) is 0 Å². The molecule has 0 bridgehead atoms. The van der Waals surface area contributed by atoms with E-state index in [9.17, 15) is 0 Å². The summed E-state index contributed by atoms with van der Waals surface area (Å²) in [6.07, 6.45) is 8.50. The van der Waals surface area contributed by atoms with Gasteiger partial charge in [-0.05, 0) is 67.7 Å². The van der Waals surface area contributed by atoms with Crippen LogP contribution in [0.2, 0.25) is 0 Å². The Bertz CT molecular complexity index is 1490. The van der Waals surface area contributed by atoms with Gasteiger partial charge in [0, 0.05) is 11.1 Å². The number of aromatic nitrogens is 5. The summed E-state index contributed by atoms with van der Waals surface area (Å²) in [7, 11) is 0. The zero-order valence-corrected chi connectivity index (χ0v) is 18.9. The van der Waals surface area contributed by atoms with E-state index in [1.54, 1.807) is 0 Å². The number of benzene rings is 2. The molecule has 7 nitrogen and oxygen atoms in total. The van der Waals surface area contributed by atoms with Crippen LogP contribution in [0.4, 0.5) is 0 Å². The molecule has 5 aromatic rings. The molecule has 2 aliphatic rings. The fourth-order valence-electron chi connectivity index (χ4n) is 5.32. The summed E-state index contributed by atoms with van der Waals surface area (Å²) in [5.41, 5.74) is 6.24. The molecule has 3 aromatic heterocycles. The van der Waals surface area contributed by atoms with Crippen LogP contribution in [-0.4, -0.2) is 38.0 Å². The fraction of sp³-hybridized carbons (Fsp3) is 0.296. The van der Waals surface area contributed by atoms with E-state index in [-0.39, 0.29) is 0 Å². The van der Waals surface area contributed by atoms with E-state index in [1.165, 1.54) is 23.6 Å². The van der Waals surface area contributed by atoms with Gasteiger partial charge in [-0.3, -0.25) is 4.98 Å². The van der Waals surface area contributed by atoms with Crippen LogP contribution in [0, 0.1) is 0 Å². The second kappa shape index (κ2) is 8.04. The van der Waals surface area contributed by atoms with Gasteiger partial charge in [-0.15, -0.1) is 0 Å². The maximum absolute atomic E-state index is 4.75. The summed E-state index contributed by atoms with van der Waals surface area (Å²) in [6, 6.07) is 15.9. The summed E-state index contributed by atoms with van der Waals surface area (Å²) in [4.78, 5) is 21.1. The maximum atomic E-state index is 4.75. The SMILES string of the molecule is c1cc2cc(-c3cnc([C@@H]4CCCN4)[nH]3)ccc2cc1-c1cc2[nH]c([C@@H]3CCCN3)nc2cn1. The molecule has 7 heteroatoms. The van der Waals surface area contributed by atoms with Crippen molar-refractivity contribution in [2.75, 3.05) is 13.1 Å². The summed E-state index contributed by atoms with van der Waals surface area (Å²) in [5, 5.41) is 9.41. The minimum atomic E-state index is 0.325. The zero-order chi connectivity index (χ0) is 22.5. The Balaban J connectivity index is 1.18. The monoisotopic (exact) mass is 449 g/mol. The molecule has 2 fully saturated rings. The van der Waals surface area contributed by atoms with Crippen LogP contribution in [0.1, 0.15) is 49.4 Å². The third kappa shape index (κ3) is 3.48. The lowest BCUT2D eigenvalue weighted by molar-refractivity contribution is 0.613. The minimum Gasteiger partial charge on any atom is -0.341 e. The number of hydrogen-bond donors (Lipinski definition) is 4. The highest BCUT2D eigenvalue weighted by Crippen LogP contribution is 2.30. The molecule has 0 unspecified atom stereocenters. The van der Waals surface area contributed by atoms with Crippen molar-refractivity contribution in [3.63, 3.8) is 0 Å². The molecule has 0 radical (unpaired) electrons. The van der Waals surface area contributed by atoms with Crippen LogP contribution >= 0.6 is 0 Å². The Labute approximate surface area is 197 Å². The number of pyridine rings is 1. The van der Waals surface area contributed by atoms with Gasteiger partial charge in [-0.25, -0.2) is 9.97 Å². The molecular formula is C27H27N7. The predicted molar refractivity (Wildman–Crippen MR) is 134 cm³/mol. The summed E-state index contributed by atoms with van der Waals surface area (Å²) in [5.74, 6) is 2.05.